The van der Waals surface area contributed by atoms with Crippen molar-refractivity contribution < 1.29 is 9.18 Å². The van der Waals surface area contributed by atoms with Crippen LogP contribution in [0, 0.1) is 28.5 Å². The molecule has 0 atom stereocenters. The number of aliphatic imine (C=N–C) groups is 1. The summed E-state index contributed by atoms with van der Waals surface area (Å²) in [5.41, 5.74) is 16.6. The van der Waals surface area contributed by atoms with Crippen LogP contribution in [0.15, 0.2) is 83.5 Å². The van der Waals surface area contributed by atoms with E-state index in [9.17, 15) is 9.18 Å². The third-order valence-electron chi connectivity index (χ3n) is 6.37. The van der Waals surface area contributed by atoms with Gasteiger partial charge in [0.15, 0.2) is 0 Å². The Balaban J connectivity index is 1.40. The van der Waals surface area contributed by atoms with Crippen LogP contribution < -0.4 is 16.8 Å². The minimum Gasteiger partial charge on any atom is -0.404 e. The average Bonchev–Trinajstić information content (AvgIpc) is 3.76. The maximum absolute atomic E-state index is 14.4. The molecular weight excluding hydrogens is 479 g/mol. The van der Waals surface area contributed by atoms with Gasteiger partial charge in [0.25, 0.3) is 5.91 Å². The van der Waals surface area contributed by atoms with Gasteiger partial charge in [-0.05, 0) is 54.2 Å². The van der Waals surface area contributed by atoms with E-state index in [0.717, 1.165) is 36.0 Å². The SMILES string of the molecule is N#Cc1cccc(Cc2ccc(CN=C(/C(=C\N)C(=O)NCc3ccc(C(=N)N)cc3F)C3CC3)cc2)c1. The van der Waals surface area contributed by atoms with E-state index in [1.54, 1.807) is 12.1 Å². The Morgan fingerprint density at radius 3 is 2.47 bits per heavy atom. The van der Waals surface area contributed by atoms with Crippen LogP contribution in [0.5, 0.6) is 0 Å². The third kappa shape index (κ3) is 6.71. The zero-order valence-corrected chi connectivity index (χ0v) is 20.9. The lowest BCUT2D eigenvalue weighted by Gasteiger charge is -2.12. The largest absolute Gasteiger partial charge is 0.404 e. The number of carbonyl (C=O) groups excluding carboxylic acids is 1. The maximum atomic E-state index is 14.4. The van der Waals surface area contributed by atoms with Gasteiger partial charge < -0.3 is 16.8 Å². The van der Waals surface area contributed by atoms with Crippen LogP contribution in [-0.2, 0) is 24.3 Å². The highest BCUT2D eigenvalue weighted by Gasteiger charge is 2.32. The molecule has 3 aromatic rings. The van der Waals surface area contributed by atoms with Crippen LogP contribution in [0.1, 0.15) is 46.2 Å². The Hall–Kier alpha value is -4.77. The summed E-state index contributed by atoms with van der Waals surface area (Å²) in [4.78, 5) is 17.7. The number of nitrogens with one attached hydrogen (secondary N) is 2. The number of nitriles is 1. The fourth-order valence-corrected chi connectivity index (χ4v) is 4.12. The van der Waals surface area contributed by atoms with Crippen molar-refractivity contribution in [1.82, 2.24) is 5.32 Å². The predicted molar refractivity (Wildman–Crippen MR) is 146 cm³/mol. The van der Waals surface area contributed by atoms with Crippen molar-refractivity contribution in [3.05, 3.63) is 118 Å². The zero-order valence-electron chi connectivity index (χ0n) is 20.9. The summed E-state index contributed by atoms with van der Waals surface area (Å²) in [6.07, 6.45) is 3.86. The molecule has 0 radical (unpaired) electrons. The van der Waals surface area contributed by atoms with Crippen LogP contribution in [0.25, 0.3) is 0 Å². The second kappa shape index (κ2) is 12.0. The fraction of sp³-hybridized carbons (Fsp3) is 0.200. The van der Waals surface area contributed by atoms with E-state index in [1.807, 2.05) is 42.5 Å². The van der Waals surface area contributed by atoms with E-state index in [0.29, 0.717) is 23.4 Å². The number of rotatable bonds is 10. The van der Waals surface area contributed by atoms with E-state index in [4.69, 9.17) is 27.1 Å². The summed E-state index contributed by atoms with van der Waals surface area (Å²) in [5, 5.41) is 19.2. The molecule has 0 saturated heterocycles. The third-order valence-corrected chi connectivity index (χ3v) is 6.37. The van der Waals surface area contributed by atoms with Crippen molar-refractivity contribution >= 4 is 17.5 Å². The number of benzene rings is 3. The molecule has 0 bridgehead atoms. The predicted octanol–water partition coefficient (Wildman–Crippen LogP) is 4.08. The fourth-order valence-electron chi connectivity index (χ4n) is 4.12. The van der Waals surface area contributed by atoms with Gasteiger partial charge in [-0.3, -0.25) is 15.2 Å². The molecule has 38 heavy (non-hydrogen) atoms. The highest BCUT2D eigenvalue weighted by Crippen LogP contribution is 2.33. The Kier molecular flexibility index (Phi) is 8.29. The number of hydrogen-bond donors (Lipinski definition) is 4. The maximum Gasteiger partial charge on any atom is 0.254 e. The van der Waals surface area contributed by atoms with Crippen molar-refractivity contribution in [2.24, 2.45) is 22.4 Å². The van der Waals surface area contributed by atoms with Crippen LogP contribution in [0.4, 0.5) is 4.39 Å². The Labute approximate surface area is 221 Å². The Morgan fingerprint density at radius 1 is 1.11 bits per heavy atom. The van der Waals surface area contributed by atoms with E-state index in [1.165, 1.54) is 18.3 Å². The molecule has 4 rings (SSSR count). The first kappa shape index (κ1) is 26.3. The number of nitrogens with two attached hydrogens (primary N) is 2. The molecule has 1 saturated carbocycles. The van der Waals surface area contributed by atoms with Crippen LogP contribution in [-0.4, -0.2) is 17.5 Å². The molecule has 3 aromatic carbocycles. The second-order valence-electron chi connectivity index (χ2n) is 9.26. The molecule has 0 unspecified atom stereocenters. The Morgan fingerprint density at radius 2 is 1.84 bits per heavy atom. The number of amidine groups is 1. The lowest BCUT2D eigenvalue weighted by Crippen LogP contribution is -2.30. The van der Waals surface area contributed by atoms with Crippen molar-refractivity contribution in [2.75, 3.05) is 0 Å². The molecular formula is C30H29FN6O. The quantitative estimate of drug-likeness (QED) is 0.186. The van der Waals surface area contributed by atoms with Crippen LogP contribution in [0.2, 0.25) is 0 Å². The van der Waals surface area contributed by atoms with Crippen LogP contribution >= 0.6 is 0 Å². The van der Waals surface area contributed by atoms with Crippen molar-refractivity contribution in [1.29, 1.82) is 10.7 Å². The van der Waals surface area contributed by atoms with Gasteiger partial charge in [-0.15, -0.1) is 0 Å². The first-order valence-corrected chi connectivity index (χ1v) is 12.3. The lowest BCUT2D eigenvalue weighted by atomic mass is 10.0. The second-order valence-corrected chi connectivity index (χ2v) is 9.26. The molecule has 1 aliphatic rings. The van der Waals surface area contributed by atoms with Gasteiger partial charge in [-0.2, -0.15) is 5.26 Å². The van der Waals surface area contributed by atoms with Crippen molar-refractivity contribution in [3.8, 4) is 6.07 Å². The average molecular weight is 509 g/mol. The summed E-state index contributed by atoms with van der Waals surface area (Å²) in [6, 6.07) is 22.0. The lowest BCUT2D eigenvalue weighted by molar-refractivity contribution is -0.117. The molecule has 6 N–H and O–H groups in total. The molecule has 1 fully saturated rings. The van der Waals surface area contributed by atoms with Gasteiger partial charge in [0.05, 0.1) is 29.5 Å². The number of nitrogen functional groups attached to an aromatic ring is 1. The van der Waals surface area contributed by atoms with Crippen molar-refractivity contribution in [2.45, 2.75) is 32.4 Å². The van der Waals surface area contributed by atoms with E-state index in [-0.39, 0.29) is 29.4 Å². The molecule has 1 aliphatic carbocycles. The number of carbonyl (C=O) groups is 1. The van der Waals surface area contributed by atoms with Gasteiger partial charge in [0, 0.05) is 29.8 Å². The summed E-state index contributed by atoms with van der Waals surface area (Å²) < 4.78 is 14.4. The van der Waals surface area contributed by atoms with Gasteiger partial charge in [-0.25, -0.2) is 4.39 Å². The number of nitrogens with zero attached hydrogens (tertiary/aromatic N) is 2. The van der Waals surface area contributed by atoms with Gasteiger partial charge >= 0.3 is 0 Å². The zero-order chi connectivity index (χ0) is 27.1. The number of amides is 1. The van der Waals surface area contributed by atoms with Gasteiger partial charge in [-0.1, -0.05) is 48.5 Å². The molecule has 7 nitrogen and oxygen atoms in total. The van der Waals surface area contributed by atoms with Gasteiger partial charge in [0.2, 0.25) is 0 Å². The summed E-state index contributed by atoms with van der Waals surface area (Å²) in [7, 11) is 0. The van der Waals surface area contributed by atoms with Crippen molar-refractivity contribution in [3.63, 3.8) is 0 Å². The van der Waals surface area contributed by atoms with Gasteiger partial charge in [0.1, 0.15) is 11.7 Å². The van der Waals surface area contributed by atoms with E-state index >= 15 is 0 Å². The first-order valence-electron chi connectivity index (χ1n) is 12.3. The summed E-state index contributed by atoms with van der Waals surface area (Å²) in [5.74, 6) is -1.01. The minimum atomic E-state index is -0.548. The molecule has 1 amide bonds. The molecule has 0 aliphatic heterocycles. The smallest absolute Gasteiger partial charge is 0.254 e. The normalized spacial score (nSPS) is 13.6. The van der Waals surface area contributed by atoms with E-state index in [2.05, 4.69) is 11.4 Å². The molecule has 0 aromatic heterocycles. The van der Waals surface area contributed by atoms with Crippen LogP contribution in [0.3, 0.4) is 0 Å². The highest BCUT2D eigenvalue weighted by atomic mass is 19.1. The monoisotopic (exact) mass is 508 g/mol. The minimum absolute atomic E-state index is 0.0309. The summed E-state index contributed by atoms with van der Waals surface area (Å²) in [6.45, 7) is 0.374. The summed E-state index contributed by atoms with van der Waals surface area (Å²) >= 11 is 0. The highest BCUT2D eigenvalue weighted by molar-refractivity contribution is 6.22. The number of halogens is 1. The molecule has 192 valence electrons. The Bertz CT molecular complexity index is 1450. The topological polar surface area (TPSA) is 141 Å². The van der Waals surface area contributed by atoms with E-state index < -0.39 is 11.7 Å². The molecule has 0 spiro atoms. The number of hydrogen-bond acceptors (Lipinski definition) is 5. The molecule has 8 heteroatoms. The first-order chi connectivity index (χ1) is 18.4. The molecule has 0 heterocycles. The standard InChI is InChI=1S/C30H29FN6O/c31-27-14-24(29(34)35)10-11-25(27)18-37-30(38)26(16-33)28(23-8-9-23)36-17-20-6-4-19(5-7-20)12-21-2-1-3-22(13-21)15-32/h1-7,10-11,13-14,16,23H,8-9,12,17-18,33H2,(H3,34,35)(H,37,38)/b26-16+,36-28?.